The summed E-state index contributed by atoms with van der Waals surface area (Å²) in [5.41, 5.74) is 2.07. The average Bonchev–Trinajstić information content (AvgIpc) is 2.85. The molecule has 0 saturated carbocycles. The van der Waals surface area contributed by atoms with Crippen molar-refractivity contribution in [3.8, 4) is 11.1 Å². The van der Waals surface area contributed by atoms with E-state index in [9.17, 15) is 9.59 Å². The number of nitrogens with one attached hydrogen (secondary N) is 1. The lowest BCUT2D eigenvalue weighted by molar-refractivity contribution is -0.157. The standard InChI is InChI=1S/C24H25N5O3/c1-2-27-23(31)24(14-18-5-7-19(8-6-18)20-4-3-9-25-15-20)17-29(12-13-32-24)22(30)21-16-26-10-11-28-21/h3-11,15-16H,2,12-14,17H2,1H3,(H,27,31)/t24-/m1/s1. The number of nitrogens with zero attached hydrogens (tertiary/aromatic N) is 4. The van der Waals surface area contributed by atoms with E-state index in [-0.39, 0.29) is 30.7 Å². The van der Waals surface area contributed by atoms with Crippen molar-refractivity contribution in [2.75, 3.05) is 26.2 Å². The predicted octanol–water partition coefficient (Wildman–Crippen LogP) is 2.13. The second-order valence-corrected chi connectivity index (χ2v) is 7.63. The van der Waals surface area contributed by atoms with E-state index in [1.807, 2.05) is 49.5 Å². The number of pyridine rings is 1. The fraction of sp³-hybridized carbons (Fsp3) is 0.292. The van der Waals surface area contributed by atoms with Crippen LogP contribution in [0.3, 0.4) is 0 Å². The lowest BCUT2D eigenvalue weighted by Crippen LogP contribution is -2.62. The molecule has 8 nitrogen and oxygen atoms in total. The van der Waals surface area contributed by atoms with Gasteiger partial charge in [-0.05, 0) is 29.7 Å². The summed E-state index contributed by atoms with van der Waals surface area (Å²) < 4.78 is 6.06. The number of morpholine rings is 1. The zero-order chi connectivity index (χ0) is 22.4. The van der Waals surface area contributed by atoms with Gasteiger partial charge in [-0.1, -0.05) is 30.3 Å². The van der Waals surface area contributed by atoms with Gasteiger partial charge in [-0.15, -0.1) is 0 Å². The molecule has 4 rings (SSSR count). The summed E-state index contributed by atoms with van der Waals surface area (Å²) in [6, 6.07) is 11.9. The maximum Gasteiger partial charge on any atom is 0.274 e. The van der Waals surface area contributed by atoms with Crippen LogP contribution in [0.4, 0.5) is 0 Å². The van der Waals surface area contributed by atoms with Gasteiger partial charge in [0.15, 0.2) is 5.60 Å². The van der Waals surface area contributed by atoms with Crippen molar-refractivity contribution in [1.82, 2.24) is 25.2 Å². The molecule has 1 aliphatic heterocycles. The first-order valence-corrected chi connectivity index (χ1v) is 10.6. The first-order chi connectivity index (χ1) is 15.6. The molecule has 1 aromatic carbocycles. The summed E-state index contributed by atoms with van der Waals surface area (Å²) in [7, 11) is 0. The largest absolute Gasteiger partial charge is 0.361 e. The molecule has 0 spiro atoms. The Bertz CT molecular complexity index is 1060. The van der Waals surface area contributed by atoms with Gasteiger partial charge in [-0.25, -0.2) is 4.98 Å². The number of rotatable bonds is 6. The molecule has 1 N–H and O–H groups in total. The third-order valence-corrected chi connectivity index (χ3v) is 5.44. The Morgan fingerprint density at radius 3 is 2.56 bits per heavy atom. The molecule has 3 aromatic rings. The van der Waals surface area contributed by atoms with E-state index >= 15 is 0 Å². The average molecular weight is 431 g/mol. The molecule has 0 bridgehead atoms. The van der Waals surface area contributed by atoms with Gasteiger partial charge in [0.25, 0.3) is 11.8 Å². The van der Waals surface area contributed by atoms with E-state index in [0.717, 1.165) is 16.7 Å². The van der Waals surface area contributed by atoms with Gasteiger partial charge < -0.3 is 15.0 Å². The van der Waals surface area contributed by atoms with Crippen LogP contribution in [-0.2, 0) is 16.0 Å². The summed E-state index contributed by atoms with van der Waals surface area (Å²) in [5, 5.41) is 2.87. The van der Waals surface area contributed by atoms with Crippen LogP contribution < -0.4 is 5.32 Å². The molecule has 0 radical (unpaired) electrons. The zero-order valence-corrected chi connectivity index (χ0v) is 17.9. The fourth-order valence-corrected chi connectivity index (χ4v) is 3.85. The number of hydrogen-bond acceptors (Lipinski definition) is 6. The zero-order valence-electron chi connectivity index (χ0n) is 17.9. The maximum absolute atomic E-state index is 13.1. The number of benzene rings is 1. The number of likely N-dealkylation sites (N-methyl/N-ethyl adjacent to an activating group) is 1. The second kappa shape index (κ2) is 9.65. The third kappa shape index (κ3) is 4.65. The molecule has 164 valence electrons. The van der Waals surface area contributed by atoms with E-state index in [0.29, 0.717) is 19.5 Å². The lowest BCUT2D eigenvalue weighted by Gasteiger charge is -2.41. The van der Waals surface area contributed by atoms with Crippen molar-refractivity contribution in [2.24, 2.45) is 0 Å². The van der Waals surface area contributed by atoms with Gasteiger partial charge in [-0.3, -0.25) is 19.6 Å². The van der Waals surface area contributed by atoms with Gasteiger partial charge in [0, 0.05) is 44.3 Å². The third-order valence-electron chi connectivity index (χ3n) is 5.44. The first-order valence-electron chi connectivity index (χ1n) is 10.6. The van der Waals surface area contributed by atoms with Gasteiger partial charge in [0.2, 0.25) is 0 Å². The molecule has 3 heterocycles. The van der Waals surface area contributed by atoms with E-state index in [4.69, 9.17) is 4.74 Å². The molecule has 0 aliphatic carbocycles. The van der Waals surface area contributed by atoms with Crippen LogP contribution in [0.15, 0.2) is 67.4 Å². The van der Waals surface area contributed by atoms with Crippen LogP contribution in [0.5, 0.6) is 0 Å². The SMILES string of the molecule is CCNC(=O)[C@@]1(Cc2ccc(-c3cccnc3)cc2)CN(C(=O)c2cnccn2)CCO1. The Hall–Kier alpha value is -3.65. The Balaban J connectivity index is 1.57. The van der Waals surface area contributed by atoms with Gasteiger partial charge in [0.05, 0.1) is 19.3 Å². The van der Waals surface area contributed by atoms with Crippen LogP contribution in [0.25, 0.3) is 11.1 Å². The van der Waals surface area contributed by atoms with E-state index in [1.54, 1.807) is 11.1 Å². The Labute approximate surface area is 186 Å². The molecule has 8 heteroatoms. The topological polar surface area (TPSA) is 97.3 Å². The molecule has 1 aliphatic rings. The molecular formula is C24H25N5O3. The van der Waals surface area contributed by atoms with Crippen LogP contribution >= 0.6 is 0 Å². The molecule has 1 saturated heterocycles. The monoisotopic (exact) mass is 431 g/mol. The normalized spacial score (nSPS) is 18.2. The minimum atomic E-state index is -1.18. The molecule has 0 unspecified atom stereocenters. The van der Waals surface area contributed by atoms with Crippen molar-refractivity contribution >= 4 is 11.8 Å². The highest BCUT2D eigenvalue weighted by Gasteiger charge is 2.45. The minimum Gasteiger partial charge on any atom is -0.361 e. The summed E-state index contributed by atoms with van der Waals surface area (Å²) in [6.07, 6.45) is 8.33. The minimum absolute atomic E-state index is 0.137. The number of carbonyl (C=O) groups is 2. The fourth-order valence-electron chi connectivity index (χ4n) is 3.85. The van der Waals surface area contributed by atoms with Crippen molar-refractivity contribution in [2.45, 2.75) is 18.9 Å². The van der Waals surface area contributed by atoms with Crippen LogP contribution in [0.2, 0.25) is 0 Å². The van der Waals surface area contributed by atoms with Crippen molar-refractivity contribution in [3.63, 3.8) is 0 Å². The Morgan fingerprint density at radius 1 is 1.06 bits per heavy atom. The summed E-state index contributed by atoms with van der Waals surface area (Å²) in [4.78, 5) is 39.9. The van der Waals surface area contributed by atoms with Crippen LogP contribution in [0.1, 0.15) is 23.0 Å². The van der Waals surface area contributed by atoms with E-state index in [2.05, 4.69) is 20.3 Å². The predicted molar refractivity (Wildman–Crippen MR) is 119 cm³/mol. The molecular weight excluding hydrogens is 406 g/mol. The quantitative estimate of drug-likeness (QED) is 0.642. The van der Waals surface area contributed by atoms with Crippen molar-refractivity contribution in [3.05, 3.63) is 78.6 Å². The van der Waals surface area contributed by atoms with Gasteiger partial charge in [-0.2, -0.15) is 0 Å². The number of hydrogen-bond donors (Lipinski definition) is 1. The highest BCUT2D eigenvalue weighted by molar-refractivity contribution is 5.93. The first kappa shape index (κ1) is 21.6. The number of ether oxygens (including phenoxy) is 1. The lowest BCUT2D eigenvalue weighted by atomic mass is 9.90. The summed E-state index contributed by atoms with van der Waals surface area (Å²) >= 11 is 0. The number of aromatic nitrogens is 3. The van der Waals surface area contributed by atoms with E-state index in [1.165, 1.54) is 18.6 Å². The maximum atomic E-state index is 13.1. The number of amides is 2. The van der Waals surface area contributed by atoms with Crippen molar-refractivity contribution in [1.29, 1.82) is 0 Å². The molecule has 1 atom stereocenters. The molecule has 2 amide bonds. The second-order valence-electron chi connectivity index (χ2n) is 7.63. The molecule has 32 heavy (non-hydrogen) atoms. The van der Waals surface area contributed by atoms with Gasteiger partial charge in [0.1, 0.15) is 5.69 Å². The highest BCUT2D eigenvalue weighted by Crippen LogP contribution is 2.26. The Morgan fingerprint density at radius 2 is 1.88 bits per heavy atom. The smallest absolute Gasteiger partial charge is 0.274 e. The summed E-state index contributed by atoms with van der Waals surface area (Å²) in [5.74, 6) is -0.491. The molecule has 1 fully saturated rings. The highest BCUT2D eigenvalue weighted by atomic mass is 16.5. The van der Waals surface area contributed by atoms with Crippen molar-refractivity contribution < 1.29 is 14.3 Å². The van der Waals surface area contributed by atoms with Gasteiger partial charge >= 0.3 is 0 Å². The number of carbonyl (C=O) groups excluding carboxylic acids is 2. The molecule has 2 aromatic heterocycles. The van der Waals surface area contributed by atoms with E-state index < -0.39 is 5.60 Å². The summed E-state index contributed by atoms with van der Waals surface area (Å²) in [6.45, 7) is 3.12. The van der Waals surface area contributed by atoms with Crippen LogP contribution in [0, 0.1) is 0 Å². The Kier molecular flexibility index (Phi) is 6.51. The van der Waals surface area contributed by atoms with Crippen LogP contribution in [-0.4, -0.2) is 63.5 Å².